The van der Waals surface area contributed by atoms with Crippen molar-refractivity contribution < 1.29 is 4.79 Å². The van der Waals surface area contributed by atoms with Gasteiger partial charge in [0.1, 0.15) is 0 Å². The lowest BCUT2D eigenvalue weighted by Crippen LogP contribution is -2.28. The summed E-state index contributed by atoms with van der Waals surface area (Å²) >= 11 is 0. The van der Waals surface area contributed by atoms with Gasteiger partial charge in [0.05, 0.1) is 0 Å². The summed E-state index contributed by atoms with van der Waals surface area (Å²) in [5.41, 5.74) is 7.38. The second-order valence-corrected chi connectivity index (χ2v) is 3.31. The van der Waals surface area contributed by atoms with Crippen LogP contribution in [0.25, 0.3) is 0 Å². The number of fused-ring (bicyclic) bond motifs is 1. The first-order valence-electron chi connectivity index (χ1n) is 4.39. The zero-order chi connectivity index (χ0) is 9.26. The molecule has 1 aliphatic rings. The van der Waals surface area contributed by atoms with E-state index in [2.05, 4.69) is 5.32 Å². The van der Waals surface area contributed by atoms with Crippen LogP contribution in [0.1, 0.15) is 16.8 Å². The predicted molar refractivity (Wildman–Crippen MR) is 51.9 cm³/mol. The molecule has 1 heterocycles. The summed E-state index contributed by atoms with van der Waals surface area (Å²) < 4.78 is 0. The van der Waals surface area contributed by atoms with Gasteiger partial charge in [-0.25, -0.2) is 0 Å². The molecular formula is C10H12N2O. The number of carbonyl (C=O) groups is 1. The first-order chi connectivity index (χ1) is 6.27. The van der Waals surface area contributed by atoms with Crippen LogP contribution in [0, 0.1) is 0 Å². The number of rotatable bonds is 0. The molecule has 1 aromatic rings. The van der Waals surface area contributed by atoms with Gasteiger partial charge in [0.2, 0.25) is 0 Å². The van der Waals surface area contributed by atoms with Crippen LogP contribution >= 0.6 is 0 Å². The summed E-state index contributed by atoms with van der Waals surface area (Å²) in [6.45, 7) is 0.669. The van der Waals surface area contributed by atoms with E-state index in [1.165, 1.54) is 0 Å². The molecule has 3 heteroatoms. The molecule has 0 aromatic heterocycles. The van der Waals surface area contributed by atoms with Crippen LogP contribution in [0.2, 0.25) is 0 Å². The first kappa shape index (κ1) is 8.26. The van der Waals surface area contributed by atoms with E-state index in [4.69, 9.17) is 5.73 Å². The Balaban J connectivity index is 2.40. The highest BCUT2D eigenvalue weighted by Gasteiger charge is 2.18. The van der Waals surface area contributed by atoms with Crippen LogP contribution in [-0.2, 0) is 0 Å². The Morgan fingerprint density at radius 2 is 2.15 bits per heavy atom. The van der Waals surface area contributed by atoms with Gasteiger partial charge < -0.3 is 11.1 Å². The van der Waals surface area contributed by atoms with Crippen LogP contribution in [-0.4, -0.2) is 18.4 Å². The third-order valence-corrected chi connectivity index (χ3v) is 2.23. The molecule has 1 aliphatic heterocycles. The van der Waals surface area contributed by atoms with E-state index in [9.17, 15) is 4.79 Å². The van der Waals surface area contributed by atoms with Gasteiger partial charge in [-0.2, -0.15) is 0 Å². The van der Waals surface area contributed by atoms with Crippen molar-refractivity contribution in [2.45, 2.75) is 12.5 Å². The van der Waals surface area contributed by atoms with Crippen molar-refractivity contribution in [2.75, 3.05) is 11.9 Å². The zero-order valence-corrected chi connectivity index (χ0v) is 7.29. The molecule has 1 aromatic carbocycles. The van der Waals surface area contributed by atoms with Gasteiger partial charge in [0.25, 0.3) is 0 Å². The molecule has 0 spiro atoms. The largest absolute Gasteiger partial charge is 0.383 e. The number of nitrogens with two attached hydrogens (primary N) is 1. The fraction of sp³-hybridized carbons (Fsp3) is 0.300. The third-order valence-electron chi connectivity index (χ3n) is 2.23. The van der Waals surface area contributed by atoms with Gasteiger partial charge in [0.15, 0.2) is 5.78 Å². The highest BCUT2D eigenvalue weighted by molar-refractivity contribution is 6.02. The van der Waals surface area contributed by atoms with Gasteiger partial charge in [-0.3, -0.25) is 4.79 Å². The second-order valence-electron chi connectivity index (χ2n) is 3.31. The molecule has 1 atom stereocenters. The number of hydrogen-bond donors (Lipinski definition) is 2. The Kier molecular flexibility index (Phi) is 2.02. The SMILES string of the molecule is NC1CNc2ccccc2C(=O)C1. The molecule has 0 amide bonds. The monoisotopic (exact) mass is 176 g/mol. The maximum atomic E-state index is 11.6. The number of para-hydroxylation sites is 1. The minimum absolute atomic E-state index is 0.0695. The van der Waals surface area contributed by atoms with Gasteiger partial charge in [-0.05, 0) is 12.1 Å². The van der Waals surface area contributed by atoms with Crippen LogP contribution < -0.4 is 11.1 Å². The third kappa shape index (κ3) is 1.55. The summed E-state index contributed by atoms with van der Waals surface area (Å²) in [5, 5.41) is 3.16. The first-order valence-corrected chi connectivity index (χ1v) is 4.39. The minimum Gasteiger partial charge on any atom is -0.383 e. The van der Waals surface area contributed by atoms with E-state index in [0.717, 1.165) is 11.3 Å². The van der Waals surface area contributed by atoms with Gasteiger partial charge >= 0.3 is 0 Å². The van der Waals surface area contributed by atoms with Crippen LogP contribution in [0.3, 0.4) is 0 Å². The highest BCUT2D eigenvalue weighted by Crippen LogP contribution is 2.20. The van der Waals surface area contributed by atoms with E-state index in [1.54, 1.807) is 0 Å². The molecule has 68 valence electrons. The summed E-state index contributed by atoms with van der Waals surface area (Å²) in [6.07, 6.45) is 0.435. The van der Waals surface area contributed by atoms with E-state index in [1.807, 2.05) is 24.3 Å². The van der Waals surface area contributed by atoms with Crippen molar-refractivity contribution in [3.8, 4) is 0 Å². The van der Waals surface area contributed by atoms with Crippen LogP contribution in [0.4, 0.5) is 5.69 Å². The molecule has 0 aliphatic carbocycles. The Bertz CT molecular complexity index is 335. The summed E-state index contributed by atoms with van der Waals surface area (Å²) in [5.74, 6) is 0.133. The zero-order valence-electron chi connectivity index (χ0n) is 7.29. The van der Waals surface area contributed by atoms with Gasteiger partial charge in [-0.1, -0.05) is 12.1 Å². The number of nitrogens with one attached hydrogen (secondary N) is 1. The lowest BCUT2D eigenvalue weighted by molar-refractivity contribution is 0.0979. The smallest absolute Gasteiger partial charge is 0.166 e. The number of carbonyl (C=O) groups excluding carboxylic acids is 1. The Morgan fingerprint density at radius 1 is 1.38 bits per heavy atom. The maximum absolute atomic E-state index is 11.6. The maximum Gasteiger partial charge on any atom is 0.166 e. The number of Topliss-reactive ketones (excluding diaryl/α,β-unsaturated/α-hetero) is 1. The molecule has 2 rings (SSSR count). The van der Waals surface area contributed by atoms with E-state index < -0.39 is 0 Å². The van der Waals surface area contributed by atoms with Crippen molar-refractivity contribution in [2.24, 2.45) is 5.73 Å². The standard InChI is InChI=1S/C10H12N2O/c11-7-5-10(13)8-3-1-2-4-9(8)12-6-7/h1-4,7,12H,5-6,11H2. The number of anilines is 1. The summed E-state index contributed by atoms with van der Waals surface area (Å²) in [7, 11) is 0. The second kappa shape index (κ2) is 3.18. The predicted octanol–water partition coefficient (Wildman–Crippen LogP) is 1.01. The summed E-state index contributed by atoms with van der Waals surface area (Å²) in [6, 6.07) is 7.46. The highest BCUT2D eigenvalue weighted by atomic mass is 16.1. The quantitative estimate of drug-likeness (QED) is 0.620. The van der Waals surface area contributed by atoms with Gasteiger partial charge in [-0.15, -0.1) is 0 Å². The number of hydrogen-bond acceptors (Lipinski definition) is 3. The fourth-order valence-electron chi connectivity index (χ4n) is 1.54. The van der Waals surface area contributed by atoms with Crippen molar-refractivity contribution in [1.82, 2.24) is 0 Å². The molecule has 1 unspecified atom stereocenters. The van der Waals surface area contributed by atoms with Crippen molar-refractivity contribution in [3.63, 3.8) is 0 Å². The van der Waals surface area contributed by atoms with Crippen molar-refractivity contribution in [1.29, 1.82) is 0 Å². The molecule has 0 saturated heterocycles. The number of ketones is 1. The molecule has 3 N–H and O–H groups in total. The molecule has 3 nitrogen and oxygen atoms in total. The normalized spacial score (nSPS) is 21.6. The van der Waals surface area contributed by atoms with Crippen LogP contribution in [0.15, 0.2) is 24.3 Å². The average Bonchev–Trinajstić information content (AvgIpc) is 2.27. The molecule has 0 fully saturated rings. The Labute approximate surface area is 76.9 Å². The molecule has 0 radical (unpaired) electrons. The van der Waals surface area contributed by atoms with Crippen LogP contribution in [0.5, 0.6) is 0 Å². The Hall–Kier alpha value is -1.35. The molecule has 13 heavy (non-hydrogen) atoms. The topological polar surface area (TPSA) is 55.1 Å². The van der Waals surface area contributed by atoms with Crippen molar-refractivity contribution >= 4 is 11.5 Å². The van der Waals surface area contributed by atoms with E-state index in [0.29, 0.717) is 13.0 Å². The van der Waals surface area contributed by atoms with E-state index >= 15 is 0 Å². The van der Waals surface area contributed by atoms with E-state index in [-0.39, 0.29) is 11.8 Å². The Morgan fingerprint density at radius 3 is 3.00 bits per heavy atom. The molecular weight excluding hydrogens is 164 g/mol. The lowest BCUT2D eigenvalue weighted by atomic mass is 10.1. The minimum atomic E-state index is -0.0695. The molecule has 0 bridgehead atoms. The summed E-state index contributed by atoms with van der Waals surface area (Å²) in [4.78, 5) is 11.6. The fourth-order valence-corrected chi connectivity index (χ4v) is 1.54. The lowest BCUT2D eigenvalue weighted by Gasteiger charge is -2.06. The van der Waals surface area contributed by atoms with Crippen molar-refractivity contribution in [3.05, 3.63) is 29.8 Å². The number of benzene rings is 1. The van der Waals surface area contributed by atoms with Gasteiger partial charge in [0, 0.05) is 30.3 Å². The molecule has 0 saturated carbocycles. The average molecular weight is 176 g/mol.